The largest absolute Gasteiger partial charge is 0.389 e. The quantitative estimate of drug-likeness (QED) is 0.719. The van der Waals surface area contributed by atoms with Gasteiger partial charge in [0.25, 0.3) is 0 Å². The first-order valence-electron chi connectivity index (χ1n) is 8.44. The van der Waals surface area contributed by atoms with Gasteiger partial charge in [0, 0.05) is 25.7 Å². The summed E-state index contributed by atoms with van der Waals surface area (Å²) in [6.45, 7) is 14.5. The lowest BCUT2D eigenvalue weighted by Gasteiger charge is -2.43. The molecule has 20 heavy (non-hydrogen) atoms. The van der Waals surface area contributed by atoms with Crippen LogP contribution >= 0.6 is 0 Å². The minimum atomic E-state index is -0.600. The Morgan fingerprint density at radius 3 is 2.25 bits per heavy atom. The highest BCUT2D eigenvalue weighted by molar-refractivity contribution is 4.89. The number of nitrogens with one attached hydrogen (secondary N) is 1. The number of nitrogens with zero attached hydrogens (tertiary/aromatic N) is 1. The van der Waals surface area contributed by atoms with Gasteiger partial charge in [-0.3, -0.25) is 0 Å². The number of likely N-dealkylation sites (N-methyl/N-ethyl adjacent to an activating group) is 1. The normalized spacial score (nSPS) is 19.8. The molecular weight excluding hydrogens is 248 g/mol. The van der Waals surface area contributed by atoms with Crippen molar-refractivity contribution in [3.8, 4) is 0 Å². The number of rotatable bonds is 8. The van der Waals surface area contributed by atoms with E-state index in [2.05, 4.69) is 31.0 Å². The van der Waals surface area contributed by atoms with Crippen molar-refractivity contribution in [1.82, 2.24) is 10.2 Å². The van der Waals surface area contributed by atoms with Crippen LogP contribution in [0.15, 0.2) is 0 Å². The summed E-state index contributed by atoms with van der Waals surface area (Å²) < 4.78 is 0. The summed E-state index contributed by atoms with van der Waals surface area (Å²) in [5, 5.41) is 13.8. The van der Waals surface area contributed by atoms with E-state index < -0.39 is 5.60 Å². The highest BCUT2D eigenvalue weighted by Crippen LogP contribution is 2.37. The second-order valence-electron chi connectivity index (χ2n) is 7.71. The van der Waals surface area contributed by atoms with E-state index in [4.69, 9.17) is 0 Å². The van der Waals surface area contributed by atoms with Crippen LogP contribution in [-0.2, 0) is 0 Å². The zero-order valence-corrected chi connectivity index (χ0v) is 14.3. The molecule has 0 bridgehead atoms. The van der Waals surface area contributed by atoms with E-state index >= 15 is 0 Å². The molecule has 2 N–H and O–H groups in total. The number of hydrogen-bond acceptors (Lipinski definition) is 3. The van der Waals surface area contributed by atoms with Gasteiger partial charge in [-0.25, -0.2) is 0 Å². The van der Waals surface area contributed by atoms with Gasteiger partial charge in [-0.1, -0.05) is 40.0 Å². The molecule has 1 rings (SSSR count). The van der Waals surface area contributed by atoms with Gasteiger partial charge in [-0.2, -0.15) is 0 Å². The third-order valence-corrected chi connectivity index (χ3v) is 4.42. The highest BCUT2D eigenvalue weighted by Gasteiger charge is 2.34. The van der Waals surface area contributed by atoms with E-state index in [9.17, 15) is 5.11 Å². The summed E-state index contributed by atoms with van der Waals surface area (Å²) in [5.41, 5.74) is -0.193. The first-order valence-corrected chi connectivity index (χ1v) is 8.44. The summed E-state index contributed by atoms with van der Waals surface area (Å²) >= 11 is 0. The van der Waals surface area contributed by atoms with E-state index in [1.54, 1.807) is 0 Å². The molecule has 0 amide bonds. The molecule has 1 aliphatic carbocycles. The Morgan fingerprint density at radius 2 is 1.80 bits per heavy atom. The molecule has 0 atom stereocenters. The summed E-state index contributed by atoms with van der Waals surface area (Å²) in [7, 11) is 0. The number of aliphatic hydroxyl groups is 1. The third-order valence-electron chi connectivity index (χ3n) is 4.42. The molecule has 0 saturated heterocycles. The average molecular weight is 284 g/mol. The Labute approximate surface area is 126 Å². The van der Waals surface area contributed by atoms with Crippen LogP contribution in [0.25, 0.3) is 0 Å². The van der Waals surface area contributed by atoms with Crippen LogP contribution < -0.4 is 5.32 Å². The van der Waals surface area contributed by atoms with Crippen molar-refractivity contribution in [1.29, 1.82) is 0 Å². The molecule has 0 aromatic heterocycles. The van der Waals surface area contributed by atoms with E-state index in [0.717, 1.165) is 26.2 Å². The number of hydrogen-bond donors (Lipinski definition) is 2. The second kappa shape index (κ2) is 7.77. The summed E-state index contributed by atoms with van der Waals surface area (Å²) in [6.07, 6.45) is 6.77. The lowest BCUT2D eigenvalue weighted by atomic mass is 9.73. The zero-order valence-electron chi connectivity index (χ0n) is 14.3. The van der Waals surface area contributed by atoms with Crippen molar-refractivity contribution in [2.75, 3.05) is 26.2 Å². The van der Waals surface area contributed by atoms with Gasteiger partial charge in [0.05, 0.1) is 5.60 Å². The maximum absolute atomic E-state index is 10.1. The van der Waals surface area contributed by atoms with Crippen LogP contribution in [0.2, 0.25) is 0 Å². The highest BCUT2D eigenvalue weighted by atomic mass is 16.3. The molecule has 3 nitrogen and oxygen atoms in total. The zero-order chi connectivity index (χ0) is 15.2. The summed E-state index contributed by atoms with van der Waals surface area (Å²) in [6, 6.07) is 0.554. The first-order chi connectivity index (χ1) is 9.26. The van der Waals surface area contributed by atoms with Gasteiger partial charge in [0.2, 0.25) is 0 Å². The maximum Gasteiger partial charge on any atom is 0.0718 e. The molecule has 3 heteroatoms. The van der Waals surface area contributed by atoms with Crippen LogP contribution in [0.5, 0.6) is 0 Å². The van der Waals surface area contributed by atoms with Gasteiger partial charge in [0.1, 0.15) is 0 Å². The fourth-order valence-corrected chi connectivity index (χ4v) is 3.41. The van der Waals surface area contributed by atoms with Crippen molar-refractivity contribution in [3.63, 3.8) is 0 Å². The Morgan fingerprint density at radius 1 is 1.20 bits per heavy atom. The van der Waals surface area contributed by atoms with Gasteiger partial charge < -0.3 is 15.3 Å². The van der Waals surface area contributed by atoms with E-state index in [-0.39, 0.29) is 0 Å². The molecule has 0 aromatic rings. The van der Waals surface area contributed by atoms with Gasteiger partial charge in [-0.15, -0.1) is 0 Å². The Balaban J connectivity index is 2.66. The Bertz CT molecular complexity index is 265. The fourth-order valence-electron chi connectivity index (χ4n) is 3.41. The fraction of sp³-hybridized carbons (Fsp3) is 1.00. The van der Waals surface area contributed by atoms with Crippen LogP contribution in [0.3, 0.4) is 0 Å². The van der Waals surface area contributed by atoms with Crippen LogP contribution in [0.1, 0.15) is 66.7 Å². The maximum atomic E-state index is 10.1. The molecule has 120 valence electrons. The van der Waals surface area contributed by atoms with Crippen molar-refractivity contribution in [2.45, 2.75) is 78.4 Å². The van der Waals surface area contributed by atoms with Crippen molar-refractivity contribution < 1.29 is 5.11 Å². The SMILES string of the molecule is CCN(CC(C)(C)O)CC1(CNC(C)C)CCCCC1. The van der Waals surface area contributed by atoms with Crippen molar-refractivity contribution in [3.05, 3.63) is 0 Å². The lowest BCUT2D eigenvalue weighted by molar-refractivity contribution is 0.0140. The molecule has 1 aliphatic rings. The smallest absolute Gasteiger partial charge is 0.0718 e. The average Bonchev–Trinajstić information content (AvgIpc) is 2.35. The minimum Gasteiger partial charge on any atom is -0.389 e. The molecular formula is C17H36N2O. The standard InChI is InChI=1S/C17H36N2O/c1-6-19(13-16(4,5)20)14-17(12-18-15(2)3)10-8-7-9-11-17/h15,18,20H,6-14H2,1-5H3. The molecule has 0 spiro atoms. The second-order valence-corrected chi connectivity index (χ2v) is 7.71. The minimum absolute atomic E-state index is 0.407. The molecule has 1 fully saturated rings. The van der Waals surface area contributed by atoms with Crippen molar-refractivity contribution >= 4 is 0 Å². The third kappa shape index (κ3) is 6.55. The molecule has 0 heterocycles. The predicted molar refractivity (Wildman–Crippen MR) is 87.1 cm³/mol. The summed E-state index contributed by atoms with van der Waals surface area (Å²) in [4.78, 5) is 2.44. The molecule has 0 unspecified atom stereocenters. The van der Waals surface area contributed by atoms with E-state index in [0.29, 0.717) is 11.5 Å². The monoisotopic (exact) mass is 284 g/mol. The molecule has 0 radical (unpaired) electrons. The van der Waals surface area contributed by atoms with Crippen LogP contribution in [0.4, 0.5) is 0 Å². The van der Waals surface area contributed by atoms with E-state index in [1.165, 1.54) is 32.1 Å². The predicted octanol–water partition coefficient (Wildman–Crippen LogP) is 3.03. The lowest BCUT2D eigenvalue weighted by Crippen LogP contribution is -2.49. The van der Waals surface area contributed by atoms with Gasteiger partial charge in [-0.05, 0) is 38.6 Å². The molecule has 0 aliphatic heterocycles. The van der Waals surface area contributed by atoms with Gasteiger partial charge >= 0.3 is 0 Å². The Hall–Kier alpha value is -0.120. The first kappa shape index (κ1) is 17.9. The van der Waals surface area contributed by atoms with Crippen molar-refractivity contribution in [2.24, 2.45) is 5.41 Å². The van der Waals surface area contributed by atoms with Crippen LogP contribution in [-0.4, -0.2) is 47.8 Å². The van der Waals surface area contributed by atoms with E-state index in [1.807, 2.05) is 13.8 Å². The molecule has 0 aromatic carbocycles. The van der Waals surface area contributed by atoms with Crippen LogP contribution in [0, 0.1) is 5.41 Å². The Kier molecular flexibility index (Phi) is 6.96. The summed E-state index contributed by atoms with van der Waals surface area (Å²) in [5.74, 6) is 0. The molecule has 1 saturated carbocycles. The van der Waals surface area contributed by atoms with Gasteiger partial charge in [0.15, 0.2) is 0 Å². The topological polar surface area (TPSA) is 35.5 Å².